The minimum atomic E-state index is -2.59. The Kier molecular flexibility index (Phi) is 6.09. The number of amides is 1. The van der Waals surface area contributed by atoms with Gasteiger partial charge in [0.15, 0.2) is 0 Å². The smallest absolute Gasteiger partial charge is 0.255 e. The van der Waals surface area contributed by atoms with Gasteiger partial charge in [-0.3, -0.25) is 9.69 Å². The number of aliphatic hydroxyl groups excluding tert-OH is 1. The topological polar surface area (TPSA) is 55.8 Å². The fourth-order valence-electron chi connectivity index (χ4n) is 2.31. The lowest BCUT2D eigenvalue weighted by Gasteiger charge is -2.42. The van der Waals surface area contributed by atoms with E-state index in [-0.39, 0.29) is 19.1 Å². The van der Waals surface area contributed by atoms with Crippen molar-refractivity contribution in [2.24, 2.45) is 0 Å². The Hall–Kier alpha value is -0.790. The van der Waals surface area contributed by atoms with E-state index in [4.69, 9.17) is 5.11 Å². The van der Waals surface area contributed by atoms with E-state index in [1.165, 1.54) is 0 Å². The summed E-state index contributed by atoms with van der Waals surface area (Å²) in [5.41, 5.74) is -0.827. The largest absolute Gasteiger partial charge is 0.395 e. The zero-order valence-corrected chi connectivity index (χ0v) is 11.5. The third-order valence-electron chi connectivity index (χ3n) is 3.45. The molecule has 1 heterocycles. The summed E-state index contributed by atoms with van der Waals surface area (Å²) in [4.78, 5) is 15.4. The number of nitrogens with zero attached hydrogens (tertiary/aromatic N) is 2. The summed E-state index contributed by atoms with van der Waals surface area (Å²) in [5, 5.41) is 12.1. The molecule has 7 heteroatoms. The maximum atomic E-state index is 12.5. The van der Waals surface area contributed by atoms with E-state index >= 15 is 0 Å². The van der Waals surface area contributed by atoms with Crippen LogP contribution in [0.2, 0.25) is 0 Å². The van der Waals surface area contributed by atoms with E-state index in [9.17, 15) is 13.6 Å². The van der Waals surface area contributed by atoms with E-state index < -0.39 is 18.5 Å². The van der Waals surface area contributed by atoms with Crippen molar-refractivity contribution in [2.75, 3.05) is 45.9 Å². The second kappa shape index (κ2) is 7.12. The third kappa shape index (κ3) is 4.36. The Morgan fingerprint density at radius 1 is 1.42 bits per heavy atom. The van der Waals surface area contributed by atoms with E-state index in [1.54, 1.807) is 13.8 Å². The van der Waals surface area contributed by atoms with Gasteiger partial charge in [0.05, 0.1) is 18.7 Å². The monoisotopic (exact) mass is 279 g/mol. The maximum absolute atomic E-state index is 12.5. The summed E-state index contributed by atoms with van der Waals surface area (Å²) >= 11 is 0. The van der Waals surface area contributed by atoms with Crippen molar-refractivity contribution in [3.63, 3.8) is 0 Å². The van der Waals surface area contributed by atoms with E-state index in [0.29, 0.717) is 13.1 Å². The van der Waals surface area contributed by atoms with Crippen molar-refractivity contribution in [3.05, 3.63) is 0 Å². The van der Waals surface area contributed by atoms with Gasteiger partial charge >= 0.3 is 0 Å². The van der Waals surface area contributed by atoms with Crippen LogP contribution in [-0.2, 0) is 4.79 Å². The number of carbonyl (C=O) groups excluding carboxylic acids is 1. The highest BCUT2D eigenvalue weighted by atomic mass is 19.3. The van der Waals surface area contributed by atoms with Crippen LogP contribution in [0.1, 0.15) is 13.8 Å². The summed E-state index contributed by atoms with van der Waals surface area (Å²) in [6.45, 7) is 5.48. The molecule has 0 atom stereocenters. The molecule has 0 radical (unpaired) electrons. The minimum Gasteiger partial charge on any atom is -0.395 e. The molecule has 1 fully saturated rings. The summed E-state index contributed by atoms with van der Waals surface area (Å²) in [5.74, 6) is -0.358. The summed E-state index contributed by atoms with van der Waals surface area (Å²) in [6, 6.07) is 0. The van der Waals surface area contributed by atoms with Gasteiger partial charge < -0.3 is 15.3 Å². The lowest BCUT2D eigenvalue weighted by atomic mass is 9.99. The van der Waals surface area contributed by atoms with Crippen molar-refractivity contribution >= 4 is 5.91 Å². The zero-order valence-electron chi connectivity index (χ0n) is 11.5. The first-order chi connectivity index (χ1) is 8.89. The molecule has 0 aromatic rings. The van der Waals surface area contributed by atoms with Gasteiger partial charge in [-0.2, -0.15) is 0 Å². The van der Waals surface area contributed by atoms with E-state index in [1.807, 2.05) is 4.90 Å². The number of rotatable bonds is 6. The van der Waals surface area contributed by atoms with Crippen LogP contribution < -0.4 is 5.32 Å². The number of nitrogens with one attached hydrogen (secondary N) is 1. The number of hydrogen-bond donors (Lipinski definition) is 2. The van der Waals surface area contributed by atoms with Crippen molar-refractivity contribution in [3.8, 4) is 0 Å². The lowest BCUT2D eigenvalue weighted by molar-refractivity contribution is -0.145. The van der Waals surface area contributed by atoms with Crippen LogP contribution in [0.4, 0.5) is 8.78 Å². The van der Waals surface area contributed by atoms with Gasteiger partial charge in [-0.1, -0.05) is 0 Å². The molecule has 0 unspecified atom stereocenters. The normalized spacial score (nSPS) is 17.8. The van der Waals surface area contributed by atoms with Crippen LogP contribution in [0.5, 0.6) is 0 Å². The second-order valence-corrected chi connectivity index (χ2v) is 5.16. The van der Waals surface area contributed by atoms with E-state index in [2.05, 4.69) is 5.32 Å². The van der Waals surface area contributed by atoms with Crippen LogP contribution in [0, 0.1) is 0 Å². The molecule has 1 saturated heterocycles. The van der Waals surface area contributed by atoms with Gasteiger partial charge in [0, 0.05) is 32.7 Å². The molecular weight excluding hydrogens is 256 g/mol. The molecule has 0 aromatic carbocycles. The average molecular weight is 279 g/mol. The fourth-order valence-corrected chi connectivity index (χ4v) is 2.31. The molecule has 112 valence electrons. The Bertz CT molecular complexity index is 295. The number of carbonyl (C=O) groups is 1. The van der Waals surface area contributed by atoms with Gasteiger partial charge in [0.1, 0.15) is 0 Å². The van der Waals surface area contributed by atoms with Crippen molar-refractivity contribution in [2.45, 2.75) is 25.8 Å². The first-order valence-electron chi connectivity index (χ1n) is 6.53. The maximum Gasteiger partial charge on any atom is 0.255 e. The van der Waals surface area contributed by atoms with Gasteiger partial charge in [0.2, 0.25) is 5.91 Å². The molecule has 5 nitrogen and oxygen atoms in total. The average Bonchev–Trinajstić information content (AvgIpc) is 2.38. The van der Waals surface area contributed by atoms with Gasteiger partial charge in [-0.15, -0.1) is 0 Å². The predicted molar refractivity (Wildman–Crippen MR) is 68.2 cm³/mol. The van der Waals surface area contributed by atoms with Gasteiger partial charge in [0.25, 0.3) is 6.43 Å². The van der Waals surface area contributed by atoms with E-state index in [0.717, 1.165) is 18.0 Å². The Labute approximate surface area is 112 Å². The zero-order chi connectivity index (χ0) is 14.5. The molecule has 2 N–H and O–H groups in total. The molecular formula is C12H23F2N3O2. The molecule has 1 aliphatic rings. The second-order valence-electron chi connectivity index (χ2n) is 5.16. The summed E-state index contributed by atoms with van der Waals surface area (Å²) in [6.07, 6.45) is -2.59. The number of aliphatic hydroxyl groups is 1. The predicted octanol–water partition coefficient (Wildman–Crippen LogP) is -0.244. The molecule has 0 aliphatic carbocycles. The highest BCUT2D eigenvalue weighted by Gasteiger charge is 2.38. The number of halogens is 2. The first-order valence-corrected chi connectivity index (χ1v) is 6.53. The number of piperazine rings is 1. The quantitative estimate of drug-likeness (QED) is 0.704. The van der Waals surface area contributed by atoms with Gasteiger partial charge in [-0.05, 0) is 13.8 Å². The molecule has 0 bridgehead atoms. The Morgan fingerprint density at radius 2 is 2.00 bits per heavy atom. The third-order valence-corrected chi connectivity index (χ3v) is 3.45. The highest BCUT2D eigenvalue weighted by molar-refractivity contribution is 5.85. The molecule has 1 amide bonds. The first kappa shape index (κ1) is 16.3. The number of alkyl halides is 2. The SMILES string of the molecule is CC(C)(C(=O)N(CCO)CC(F)F)N1CCNCC1. The summed E-state index contributed by atoms with van der Waals surface area (Å²) in [7, 11) is 0. The van der Waals surface area contributed by atoms with Crippen molar-refractivity contribution in [1.29, 1.82) is 0 Å². The van der Waals surface area contributed by atoms with Crippen LogP contribution in [0.15, 0.2) is 0 Å². The highest BCUT2D eigenvalue weighted by Crippen LogP contribution is 2.19. The van der Waals surface area contributed by atoms with Crippen LogP contribution in [0.3, 0.4) is 0 Å². The molecule has 1 rings (SSSR count). The Balaban J connectivity index is 2.74. The molecule has 0 spiro atoms. The minimum absolute atomic E-state index is 0.0569. The van der Waals surface area contributed by atoms with Crippen LogP contribution >= 0.6 is 0 Å². The molecule has 0 saturated carbocycles. The lowest BCUT2D eigenvalue weighted by Crippen LogP contribution is -2.61. The van der Waals surface area contributed by atoms with Crippen LogP contribution in [-0.4, -0.2) is 78.7 Å². The number of hydrogen-bond acceptors (Lipinski definition) is 4. The molecule has 1 aliphatic heterocycles. The van der Waals surface area contributed by atoms with Crippen LogP contribution in [0.25, 0.3) is 0 Å². The van der Waals surface area contributed by atoms with Crippen molar-refractivity contribution < 1.29 is 18.7 Å². The standard InChI is InChI=1S/C12H23F2N3O2/c1-12(2,17-5-3-15-4-6-17)11(19)16(7-8-18)9-10(13)14/h10,15,18H,3-9H2,1-2H3. The Morgan fingerprint density at radius 3 is 2.47 bits per heavy atom. The fraction of sp³-hybridized carbons (Fsp3) is 0.917. The summed E-state index contributed by atoms with van der Waals surface area (Å²) < 4.78 is 25.0. The molecule has 19 heavy (non-hydrogen) atoms. The van der Waals surface area contributed by atoms with Crippen molar-refractivity contribution in [1.82, 2.24) is 15.1 Å². The molecule has 0 aromatic heterocycles. The van der Waals surface area contributed by atoms with Gasteiger partial charge in [-0.25, -0.2) is 8.78 Å².